The molecule has 1 aromatic carbocycles. The monoisotopic (exact) mass is 305 g/mol. The van der Waals surface area contributed by atoms with Gasteiger partial charge in [0.05, 0.1) is 6.04 Å². The van der Waals surface area contributed by atoms with Gasteiger partial charge >= 0.3 is 0 Å². The van der Waals surface area contributed by atoms with Crippen LogP contribution in [0.2, 0.25) is 0 Å². The van der Waals surface area contributed by atoms with Crippen LogP contribution in [0.4, 0.5) is 5.69 Å². The second-order valence-corrected chi connectivity index (χ2v) is 6.46. The molecule has 3 rings (SSSR count). The number of thioether (sulfide) groups is 1. The number of nitrogens with one attached hydrogen (secondary N) is 2. The minimum Gasteiger partial charge on any atom is -0.354 e. The predicted octanol–water partition coefficient (Wildman–Crippen LogP) is 0.818. The summed E-state index contributed by atoms with van der Waals surface area (Å²) in [7, 11) is 0. The maximum atomic E-state index is 12.1. The molecule has 2 atom stereocenters. The molecule has 0 saturated carbocycles. The SMILES string of the molecule is O=C(NCC1CC(=O)N(c2ccccc2)C1)C1CSCN1. The number of carbonyl (C=O) groups is 2. The minimum atomic E-state index is -0.0858. The minimum absolute atomic E-state index is 0.0469. The lowest BCUT2D eigenvalue weighted by molar-refractivity contribution is -0.123. The molecule has 2 fully saturated rings. The Morgan fingerprint density at radius 3 is 2.90 bits per heavy atom. The Balaban J connectivity index is 1.52. The maximum Gasteiger partial charge on any atom is 0.238 e. The van der Waals surface area contributed by atoms with E-state index in [1.807, 2.05) is 30.3 Å². The maximum absolute atomic E-state index is 12.1. The van der Waals surface area contributed by atoms with Crippen LogP contribution in [0.15, 0.2) is 30.3 Å². The number of hydrogen-bond acceptors (Lipinski definition) is 4. The van der Waals surface area contributed by atoms with Crippen molar-refractivity contribution in [1.82, 2.24) is 10.6 Å². The molecule has 0 aliphatic carbocycles. The Hall–Kier alpha value is -1.53. The first-order valence-corrected chi connectivity index (χ1v) is 8.34. The Kier molecular flexibility index (Phi) is 4.45. The van der Waals surface area contributed by atoms with E-state index in [0.29, 0.717) is 19.5 Å². The van der Waals surface area contributed by atoms with Crippen LogP contribution < -0.4 is 15.5 Å². The van der Waals surface area contributed by atoms with Crippen molar-refractivity contribution in [3.8, 4) is 0 Å². The molecule has 0 bridgehead atoms. The molecule has 0 radical (unpaired) electrons. The quantitative estimate of drug-likeness (QED) is 0.864. The van der Waals surface area contributed by atoms with Gasteiger partial charge in [-0.15, -0.1) is 11.8 Å². The molecular weight excluding hydrogens is 286 g/mol. The van der Waals surface area contributed by atoms with Gasteiger partial charge in [0, 0.05) is 42.7 Å². The second kappa shape index (κ2) is 6.49. The van der Waals surface area contributed by atoms with Crippen LogP contribution in [-0.2, 0) is 9.59 Å². The Labute approximate surface area is 128 Å². The van der Waals surface area contributed by atoms with E-state index in [9.17, 15) is 9.59 Å². The van der Waals surface area contributed by atoms with Gasteiger partial charge in [0.1, 0.15) is 0 Å². The first kappa shape index (κ1) is 14.4. The third-order valence-corrected chi connectivity index (χ3v) is 4.81. The van der Waals surface area contributed by atoms with E-state index in [-0.39, 0.29) is 23.8 Å². The van der Waals surface area contributed by atoms with Gasteiger partial charge in [-0.1, -0.05) is 18.2 Å². The zero-order chi connectivity index (χ0) is 14.7. The first-order valence-electron chi connectivity index (χ1n) is 7.18. The Bertz CT molecular complexity index is 517. The molecule has 2 aliphatic rings. The number of carbonyl (C=O) groups excluding carboxylic acids is 2. The number of anilines is 1. The number of hydrogen-bond donors (Lipinski definition) is 2. The number of nitrogens with zero attached hydrogens (tertiary/aromatic N) is 1. The van der Waals surface area contributed by atoms with Crippen LogP contribution in [0.25, 0.3) is 0 Å². The lowest BCUT2D eigenvalue weighted by atomic mass is 10.1. The molecule has 1 aromatic rings. The molecule has 2 N–H and O–H groups in total. The largest absolute Gasteiger partial charge is 0.354 e. The molecule has 21 heavy (non-hydrogen) atoms. The Morgan fingerprint density at radius 1 is 1.38 bits per heavy atom. The standard InChI is InChI=1S/C15H19N3O2S/c19-14-6-11(7-16-15(20)13-9-21-10-17-13)8-18(14)12-4-2-1-3-5-12/h1-5,11,13,17H,6-10H2,(H,16,20). The van der Waals surface area contributed by atoms with Gasteiger partial charge in [-0.3, -0.25) is 14.9 Å². The molecule has 2 heterocycles. The van der Waals surface area contributed by atoms with Crippen LogP contribution in [0.1, 0.15) is 6.42 Å². The summed E-state index contributed by atoms with van der Waals surface area (Å²) in [6.07, 6.45) is 0.502. The van der Waals surface area contributed by atoms with Crippen LogP contribution in [-0.4, -0.2) is 42.6 Å². The highest BCUT2D eigenvalue weighted by molar-refractivity contribution is 7.99. The third kappa shape index (κ3) is 3.39. The van der Waals surface area contributed by atoms with Crippen molar-refractivity contribution in [2.75, 3.05) is 29.6 Å². The summed E-state index contributed by atoms with van der Waals surface area (Å²) in [5.74, 6) is 2.03. The molecule has 0 aromatic heterocycles. The van der Waals surface area contributed by atoms with E-state index in [4.69, 9.17) is 0 Å². The molecule has 5 nitrogen and oxygen atoms in total. The van der Waals surface area contributed by atoms with Gasteiger partial charge in [-0.25, -0.2) is 0 Å². The highest BCUT2D eigenvalue weighted by Gasteiger charge is 2.31. The van der Waals surface area contributed by atoms with E-state index >= 15 is 0 Å². The number of amides is 2. The smallest absolute Gasteiger partial charge is 0.238 e. The average Bonchev–Trinajstić information content (AvgIpc) is 3.15. The highest BCUT2D eigenvalue weighted by atomic mass is 32.2. The van der Waals surface area contributed by atoms with Gasteiger partial charge in [-0.05, 0) is 12.1 Å². The molecule has 2 aliphatic heterocycles. The van der Waals surface area contributed by atoms with Gasteiger partial charge in [0.2, 0.25) is 11.8 Å². The van der Waals surface area contributed by atoms with Gasteiger partial charge in [0.15, 0.2) is 0 Å². The van der Waals surface area contributed by atoms with E-state index < -0.39 is 0 Å². The molecule has 6 heteroatoms. The van der Waals surface area contributed by atoms with Crippen molar-refractivity contribution in [2.24, 2.45) is 5.92 Å². The Morgan fingerprint density at radius 2 is 2.19 bits per heavy atom. The normalized spacial score (nSPS) is 25.3. The zero-order valence-corrected chi connectivity index (χ0v) is 12.6. The third-order valence-electron chi connectivity index (χ3n) is 3.87. The summed E-state index contributed by atoms with van der Waals surface area (Å²) < 4.78 is 0. The molecule has 112 valence electrons. The number of rotatable bonds is 4. The van der Waals surface area contributed by atoms with E-state index in [2.05, 4.69) is 10.6 Å². The van der Waals surface area contributed by atoms with Crippen molar-refractivity contribution in [3.05, 3.63) is 30.3 Å². The number of para-hydroxylation sites is 1. The van der Waals surface area contributed by atoms with E-state index in [0.717, 1.165) is 17.3 Å². The zero-order valence-electron chi connectivity index (χ0n) is 11.7. The van der Waals surface area contributed by atoms with Gasteiger partial charge < -0.3 is 10.2 Å². The van der Waals surface area contributed by atoms with E-state index in [1.165, 1.54) is 0 Å². The first-order chi connectivity index (χ1) is 10.2. The fraction of sp³-hybridized carbons (Fsp3) is 0.467. The van der Waals surface area contributed by atoms with Crippen molar-refractivity contribution in [2.45, 2.75) is 12.5 Å². The van der Waals surface area contributed by atoms with Crippen LogP contribution in [0.5, 0.6) is 0 Å². The van der Waals surface area contributed by atoms with Crippen molar-refractivity contribution in [3.63, 3.8) is 0 Å². The summed E-state index contributed by atoms with van der Waals surface area (Å²) >= 11 is 1.73. The van der Waals surface area contributed by atoms with Crippen molar-refractivity contribution in [1.29, 1.82) is 0 Å². The van der Waals surface area contributed by atoms with Gasteiger partial charge in [-0.2, -0.15) is 0 Å². The summed E-state index contributed by atoms with van der Waals surface area (Å²) in [4.78, 5) is 25.8. The lowest BCUT2D eigenvalue weighted by Crippen LogP contribution is -2.43. The lowest BCUT2D eigenvalue weighted by Gasteiger charge is -2.17. The topological polar surface area (TPSA) is 61.4 Å². The summed E-state index contributed by atoms with van der Waals surface area (Å²) in [5, 5.41) is 6.11. The average molecular weight is 305 g/mol. The highest BCUT2D eigenvalue weighted by Crippen LogP contribution is 2.24. The molecule has 2 saturated heterocycles. The van der Waals surface area contributed by atoms with E-state index in [1.54, 1.807) is 16.7 Å². The van der Waals surface area contributed by atoms with Gasteiger partial charge in [0.25, 0.3) is 0 Å². The summed E-state index contributed by atoms with van der Waals surface area (Å²) in [6, 6.07) is 9.60. The summed E-state index contributed by atoms with van der Waals surface area (Å²) in [5.41, 5.74) is 0.935. The predicted molar refractivity (Wildman–Crippen MR) is 84.2 cm³/mol. The number of benzene rings is 1. The van der Waals surface area contributed by atoms with Crippen LogP contribution in [0.3, 0.4) is 0 Å². The van der Waals surface area contributed by atoms with Crippen molar-refractivity contribution >= 4 is 29.3 Å². The van der Waals surface area contributed by atoms with Crippen LogP contribution in [0, 0.1) is 5.92 Å². The fourth-order valence-corrected chi connectivity index (χ4v) is 3.65. The molecule has 2 unspecified atom stereocenters. The van der Waals surface area contributed by atoms with Crippen LogP contribution >= 0.6 is 11.8 Å². The molecular formula is C15H19N3O2S. The van der Waals surface area contributed by atoms with Crippen molar-refractivity contribution < 1.29 is 9.59 Å². The fourth-order valence-electron chi connectivity index (χ4n) is 2.71. The molecule has 2 amide bonds. The second-order valence-electron chi connectivity index (χ2n) is 5.43. The molecule has 0 spiro atoms. The summed E-state index contributed by atoms with van der Waals surface area (Å²) in [6.45, 7) is 1.24.